The van der Waals surface area contributed by atoms with Gasteiger partial charge in [0.05, 0.1) is 11.4 Å². The maximum atomic E-state index is 12.3. The molecule has 2 aromatic rings. The average Bonchev–Trinajstić information content (AvgIpc) is 3.16. The Bertz CT molecular complexity index is 727. The van der Waals surface area contributed by atoms with Crippen LogP contribution in [0.25, 0.3) is 4.96 Å². The highest BCUT2D eigenvalue weighted by molar-refractivity contribution is 7.15. The van der Waals surface area contributed by atoms with Gasteiger partial charge < -0.3 is 15.0 Å². The quantitative estimate of drug-likeness (QED) is 0.763. The normalized spacial score (nSPS) is 14.9. The lowest BCUT2D eigenvalue weighted by molar-refractivity contribution is 0.0232. The van der Waals surface area contributed by atoms with Gasteiger partial charge in [0.1, 0.15) is 5.60 Å². The van der Waals surface area contributed by atoms with E-state index in [0.29, 0.717) is 6.04 Å². The highest BCUT2D eigenvalue weighted by atomic mass is 32.1. The minimum atomic E-state index is -0.437. The summed E-state index contributed by atoms with van der Waals surface area (Å²) in [5, 5.41) is 5.53. The van der Waals surface area contributed by atoms with Gasteiger partial charge in [0.2, 0.25) is 0 Å². The van der Waals surface area contributed by atoms with Crippen LogP contribution in [0.3, 0.4) is 0 Å². The lowest BCUT2D eigenvalue weighted by Gasteiger charge is -2.27. The molecule has 1 aliphatic carbocycles. The maximum absolute atomic E-state index is 12.3. The predicted molar refractivity (Wildman–Crippen MR) is 100 cm³/mol. The molecule has 0 aromatic carbocycles. The standard InChI is InChI=1S/C18H28N4O2S/c1-13-15(22-10-11-25-16(22)20-13)12-19-8-5-9-21(14-6-7-14)17(23)24-18(2,3)4/h10-11,14,19H,5-9,12H2,1-4H3. The van der Waals surface area contributed by atoms with Gasteiger partial charge in [-0.15, -0.1) is 11.3 Å². The summed E-state index contributed by atoms with van der Waals surface area (Å²) in [6.07, 6.45) is 4.99. The molecular weight excluding hydrogens is 336 g/mol. The van der Waals surface area contributed by atoms with E-state index >= 15 is 0 Å². The fraction of sp³-hybridized carbons (Fsp3) is 0.667. The molecule has 1 amide bonds. The molecule has 7 heteroatoms. The first-order chi connectivity index (χ1) is 11.8. The Balaban J connectivity index is 1.44. The fourth-order valence-electron chi connectivity index (χ4n) is 2.86. The van der Waals surface area contributed by atoms with Gasteiger partial charge in [-0.25, -0.2) is 9.78 Å². The number of nitrogens with one attached hydrogen (secondary N) is 1. The van der Waals surface area contributed by atoms with Crippen molar-refractivity contribution in [2.45, 2.75) is 65.1 Å². The molecule has 1 aliphatic rings. The maximum Gasteiger partial charge on any atom is 0.410 e. The summed E-state index contributed by atoms with van der Waals surface area (Å²) in [5.74, 6) is 0. The third-order valence-electron chi connectivity index (χ3n) is 4.22. The summed E-state index contributed by atoms with van der Waals surface area (Å²) in [4.78, 5) is 19.8. The van der Waals surface area contributed by atoms with Crippen molar-refractivity contribution in [3.8, 4) is 0 Å². The Morgan fingerprint density at radius 1 is 1.48 bits per heavy atom. The Morgan fingerprint density at radius 2 is 2.24 bits per heavy atom. The van der Waals surface area contributed by atoms with E-state index in [1.165, 1.54) is 5.69 Å². The summed E-state index contributed by atoms with van der Waals surface area (Å²) < 4.78 is 7.67. The van der Waals surface area contributed by atoms with Crippen LogP contribution in [0.4, 0.5) is 4.79 Å². The van der Waals surface area contributed by atoms with E-state index in [2.05, 4.69) is 26.3 Å². The number of aromatic nitrogens is 2. The van der Waals surface area contributed by atoms with E-state index < -0.39 is 5.60 Å². The van der Waals surface area contributed by atoms with Crippen LogP contribution in [-0.4, -0.2) is 45.1 Å². The molecule has 1 N–H and O–H groups in total. The van der Waals surface area contributed by atoms with Gasteiger partial charge in [-0.05, 0) is 53.5 Å². The summed E-state index contributed by atoms with van der Waals surface area (Å²) in [6.45, 7) is 10.2. The van der Waals surface area contributed by atoms with Crippen LogP contribution in [0.2, 0.25) is 0 Å². The zero-order valence-electron chi connectivity index (χ0n) is 15.5. The second kappa shape index (κ2) is 7.33. The van der Waals surface area contributed by atoms with Crippen molar-refractivity contribution in [2.75, 3.05) is 13.1 Å². The van der Waals surface area contributed by atoms with Gasteiger partial charge in [-0.2, -0.15) is 0 Å². The molecule has 2 aromatic heterocycles. The molecule has 0 aliphatic heterocycles. The Kier molecular flexibility index (Phi) is 5.34. The number of hydrogen-bond donors (Lipinski definition) is 1. The zero-order valence-corrected chi connectivity index (χ0v) is 16.4. The average molecular weight is 365 g/mol. The molecule has 0 atom stereocenters. The molecular formula is C18H28N4O2S. The number of imidazole rings is 1. The number of ether oxygens (including phenoxy) is 1. The molecule has 1 saturated carbocycles. The molecule has 25 heavy (non-hydrogen) atoms. The molecule has 0 spiro atoms. The molecule has 138 valence electrons. The number of rotatable bonds is 7. The van der Waals surface area contributed by atoms with Crippen molar-refractivity contribution in [3.05, 3.63) is 23.0 Å². The van der Waals surface area contributed by atoms with E-state index in [0.717, 1.165) is 49.6 Å². The Labute approximate surface area is 153 Å². The molecule has 0 radical (unpaired) electrons. The van der Waals surface area contributed by atoms with Crippen LogP contribution in [0.5, 0.6) is 0 Å². The minimum Gasteiger partial charge on any atom is -0.444 e. The van der Waals surface area contributed by atoms with Crippen LogP contribution in [-0.2, 0) is 11.3 Å². The van der Waals surface area contributed by atoms with Gasteiger partial charge in [0.15, 0.2) is 4.96 Å². The largest absolute Gasteiger partial charge is 0.444 e. The van der Waals surface area contributed by atoms with Crippen LogP contribution >= 0.6 is 11.3 Å². The highest BCUT2D eigenvalue weighted by Crippen LogP contribution is 2.28. The smallest absolute Gasteiger partial charge is 0.410 e. The minimum absolute atomic E-state index is 0.179. The number of amides is 1. The van der Waals surface area contributed by atoms with Crippen molar-refractivity contribution in [2.24, 2.45) is 0 Å². The first-order valence-corrected chi connectivity index (χ1v) is 9.84. The monoisotopic (exact) mass is 364 g/mol. The van der Waals surface area contributed by atoms with Crippen molar-refractivity contribution in [1.82, 2.24) is 19.6 Å². The van der Waals surface area contributed by atoms with Crippen molar-refractivity contribution in [3.63, 3.8) is 0 Å². The van der Waals surface area contributed by atoms with Gasteiger partial charge >= 0.3 is 6.09 Å². The second-order valence-corrected chi connectivity index (χ2v) is 8.51. The van der Waals surface area contributed by atoms with E-state index in [1.807, 2.05) is 32.6 Å². The fourth-order valence-corrected chi connectivity index (χ4v) is 3.64. The third kappa shape index (κ3) is 4.73. The zero-order chi connectivity index (χ0) is 18.0. The van der Waals surface area contributed by atoms with Crippen molar-refractivity contribution in [1.29, 1.82) is 0 Å². The molecule has 6 nitrogen and oxygen atoms in total. The molecule has 0 unspecified atom stereocenters. The van der Waals surface area contributed by atoms with Gasteiger partial charge in [0, 0.05) is 30.7 Å². The molecule has 0 saturated heterocycles. The number of carbonyl (C=O) groups is 1. The van der Waals surface area contributed by atoms with E-state index in [9.17, 15) is 4.79 Å². The van der Waals surface area contributed by atoms with Crippen LogP contribution in [0, 0.1) is 6.92 Å². The lowest BCUT2D eigenvalue weighted by Crippen LogP contribution is -2.39. The molecule has 1 fully saturated rings. The molecule has 0 bridgehead atoms. The van der Waals surface area contributed by atoms with Crippen LogP contribution in [0.1, 0.15) is 51.4 Å². The number of nitrogens with zero attached hydrogens (tertiary/aromatic N) is 3. The van der Waals surface area contributed by atoms with Crippen molar-refractivity contribution >= 4 is 22.4 Å². The first kappa shape index (κ1) is 18.2. The van der Waals surface area contributed by atoms with Crippen LogP contribution < -0.4 is 5.32 Å². The number of carbonyl (C=O) groups excluding carboxylic acids is 1. The highest BCUT2D eigenvalue weighted by Gasteiger charge is 2.34. The summed E-state index contributed by atoms with van der Waals surface area (Å²) >= 11 is 1.65. The Hall–Kier alpha value is -1.60. The number of thiazole rings is 1. The van der Waals surface area contributed by atoms with Gasteiger partial charge in [-0.1, -0.05) is 0 Å². The van der Waals surface area contributed by atoms with E-state index in [4.69, 9.17) is 4.74 Å². The second-order valence-electron chi connectivity index (χ2n) is 7.63. The number of fused-ring (bicyclic) bond motifs is 1. The van der Waals surface area contributed by atoms with E-state index in [1.54, 1.807) is 11.3 Å². The lowest BCUT2D eigenvalue weighted by atomic mass is 10.2. The van der Waals surface area contributed by atoms with E-state index in [-0.39, 0.29) is 6.09 Å². The topological polar surface area (TPSA) is 58.9 Å². The van der Waals surface area contributed by atoms with Crippen LogP contribution in [0.15, 0.2) is 11.6 Å². The van der Waals surface area contributed by atoms with Crippen molar-refractivity contribution < 1.29 is 9.53 Å². The Morgan fingerprint density at radius 3 is 2.92 bits per heavy atom. The molecule has 2 heterocycles. The summed E-state index contributed by atoms with van der Waals surface area (Å²) in [6, 6.07) is 0.373. The number of hydrogen-bond acceptors (Lipinski definition) is 5. The van der Waals surface area contributed by atoms with Gasteiger partial charge in [-0.3, -0.25) is 4.40 Å². The third-order valence-corrected chi connectivity index (χ3v) is 4.98. The summed E-state index contributed by atoms with van der Waals surface area (Å²) in [7, 11) is 0. The molecule has 3 rings (SSSR count). The predicted octanol–water partition coefficient (Wildman–Crippen LogP) is 3.58. The number of aryl methyl sites for hydroxylation is 1. The summed E-state index contributed by atoms with van der Waals surface area (Å²) in [5.41, 5.74) is 1.85. The van der Waals surface area contributed by atoms with Gasteiger partial charge in [0.25, 0.3) is 0 Å². The SMILES string of the molecule is Cc1nc2sccn2c1CNCCCN(C(=O)OC(C)(C)C)C1CC1. The first-order valence-electron chi connectivity index (χ1n) is 8.96.